The minimum atomic E-state index is 0.832. The Kier molecular flexibility index (Phi) is 6.84. The number of methoxy groups -OCH3 is 1. The van der Waals surface area contributed by atoms with E-state index in [2.05, 4.69) is 200 Å². The number of aromatic nitrogens is 5. The van der Waals surface area contributed by atoms with Crippen molar-refractivity contribution < 1.29 is 4.74 Å². The summed E-state index contributed by atoms with van der Waals surface area (Å²) in [5.41, 5.74) is 11.3. The molecule has 5 heterocycles. The predicted molar refractivity (Wildman–Crippen MR) is 248 cm³/mol. The minimum Gasteiger partial charge on any atom is -0.497 e. The third-order valence-corrected chi connectivity index (χ3v) is 12.5. The lowest BCUT2D eigenvalue weighted by Crippen LogP contribution is -2.03. The molecule has 0 aliphatic heterocycles. The SMILES string of the molecule is COc1ccc(-n2c3ccccc3c3cc4c5ccccc5n(-c5cccc(-n6c7ccccc7c7ccc8c(c9ccccc9n8-c8ccccc8)c76)n5)c4cc32)cc1. The summed E-state index contributed by atoms with van der Waals surface area (Å²) in [4.78, 5) is 5.63. The van der Waals surface area contributed by atoms with Crippen LogP contribution in [0.4, 0.5) is 0 Å². The highest BCUT2D eigenvalue weighted by molar-refractivity contribution is 6.26. The number of rotatable bonds is 5. The Balaban J connectivity index is 1.11. The van der Waals surface area contributed by atoms with Gasteiger partial charge in [0.25, 0.3) is 0 Å². The molecule has 0 atom stereocenters. The van der Waals surface area contributed by atoms with Gasteiger partial charge in [0.15, 0.2) is 0 Å². The molecule has 0 saturated carbocycles. The van der Waals surface area contributed by atoms with Crippen molar-refractivity contribution in [3.05, 3.63) is 194 Å². The van der Waals surface area contributed by atoms with Crippen LogP contribution in [0.2, 0.25) is 0 Å². The second-order valence-electron chi connectivity index (χ2n) is 15.5. The number of pyridine rings is 1. The summed E-state index contributed by atoms with van der Waals surface area (Å²) in [6.45, 7) is 0. The van der Waals surface area contributed by atoms with Gasteiger partial charge in [-0.3, -0.25) is 9.13 Å². The molecule has 60 heavy (non-hydrogen) atoms. The van der Waals surface area contributed by atoms with Crippen LogP contribution < -0.4 is 4.74 Å². The quantitative estimate of drug-likeness (QED) is 0.175. The zero-order chi connectivity index (χ0) is 39.5. The number of nitrogens with zero attached hydrogens (tertiary/aromatic N) is 5. The Hall–Kier alpha value is -8.09. The molecule has 282 valence electrons. The van der Waals surface area contributed by atoms with E-state index < -0.39 is 0 Å². The van der Waals surface area contributed by atoms with Crippen molar-refractivity contribution in [3.8, 4) is 28.8 Å². The van der Waals surface area contributed by atoms with Crippen LogP contribution in [-0.4, -0.2) is 30.4 Å². The first-order chi connectivity index (χ1) is 29.7. The zero-order valence-electron chi connectivity index (χ0n) is 32.6. The molecule has 6 heteroatoms. The van der Waals surface area contributed by atoms with Crippen molar-refractivity contribution >= 4 is 87.2 Å². The van der Waals surface area contributed by atoms with Gasteiger partial charge in [0.2, 0.25) is 0 Å². The molecule has 0 fully saturated rings. The van der Waals surface area contributed by atoms with Gasteiger partial charge >= 0.3 is 0 Å². The van der Waals surface area contributed by atoms with E-state index in [-0.39, 0.29) is 0 Å². The fraction of sp³-hybridized carbons (Fsp3) is 0.0185. The molecule has 0 unspecified atom stereocenters. The molecule has 13 aromatic rings. The normalized spacial score (nSPS) is 12.1. The molecule has 0 aliphatic carbocycles. The van der Waals surface area contributed by atoms with E-state index in [4.69, 9.17) is 9.72 Å². The summed E-state index contributed by atoms with van der Waals surface area (Å²) in [5.74, 6) is 2.55. The first-order valence-electron chi connectivity index (χ1n) is 20.3. The van der Waals surface area contributed by atoms with Gasteiger partial charge in [-0.2, -0.15) is 0 Å². The predicted octanol–water partition coefficient (Wildman–Crippen LogP) is 13.5. The number of benzene rings is 8. The van der Waals surface area contributed by atoms with Crippen LogP contribution in [0.3, 0.4) is 0 Å². The molecule has 5 aromatic heterocycles. The van der Waals surface area contributed by atoms with E-state index in [1.165, 1.54) is 48.6 Å². The maximum Gasteiger partial charge on any atom is 0.140 e. The van der Waals surface area contributed by atoms with Crippen molar-refractivity contribution in [3.63, 3.8) is 0 Å². The van der Waals surface area contributed by atoms with Crippen LogP contribution in [-0.2, 0) is 0 Å². The second-order valence-corrected chi connectivity index (χ2v) is 15.5. The summed E-state index contributed by atoms with van der Waals surface area (Å²) < 4.78 is 15.0. The van der Waals surface area contributed by atoms with Crippen LogP contribution in [0, 0.1) is 0 Å². The molecular formula is C54H35N5O. The van der Waals surface area contributed by atoms with E-state index in [9.17, 15) is 0 Å². The van der Waals surface area contributed by atoms with Gasteiger partial charge in [0.05, 0.1) is 51.2 Å². The fourth-order valence-electron chi connectivity index (χ4n) is 9.95. The summed E-state index contributed by atoms with van der Waals surface area (Å²) in [6, 6.07) is 69.6. The summed E-state index contributed by atoms with van der Waals surface area (Å²) in [6.07, 6.45) is 0. The van der Waals surface area contributed by atoms with Crippen molar-refractivity contribution in [2.24, 2.45) is 0 Å². The highest BCUT2D eigenvalue weighted by atomic mass is 16.5. The number of fused-ring (bicyclic) bond motifs is 13. The van der Waals surface area contributed by atoms with Gasteiger partial charge in [-0.05, 0) is 91.0 Å². The van der Waals surface area contributed by atoms with Crippen LogP contribution >= 0.6 is 0 Å². The van der Waals surface area contributed by atoms with E-state index in [0.29, 0.717) is 0 Å². The molecule has 0 bridgehead atoms. The number of para-hydroxylation sites is 5. The molecule has 6 nitrogen and oxygen atoms in total. The monoisotopic (exact) mass is 769 g/mol. The standard InChI is InChI=1S/C54H35N5O/c1-60-36-28-26-35(27-29-36)57-44-20-9-6-17-38(44)42-32-43-39-18-7-10-21-45(39)58(50(43)33-49(42)57)51-24-13-25-52(55-51)59-46-22-11-5-16-37(46)40-30-31-48-53(54(40)59)41-19-8-12-23-47(41)56(48)34-14-3-2-4-15-34/h2-33H,1H3. The molecule has 13 rings (SSSR count). The smallest absolute Gasteiger partial charge is 0.140 e. The molecular weight excluding hydrogens is 735 g/mol. The highest BCUT2D eigenvalue weighted by Crippen LogP contribution is 2.43. The lowest BCUT2D eigenvalue weighted by Gasteiger charge is -2.13. The molecule has 0 spiro atoms. The van der Waals surface area contributed by atoms with Crippen molar-refractivity contribution in [2.75, 3.05) is 7.11 Å². The Labute approximate surface area is 343 Å². The fourth-order valence-corrected chi connectivity index (χ4v) is 9.95. The van der Waals surface area contributed by atoms with Crippen LogP contribution in [0.15, 0.2) is 194 Å². The average molecular weight is 770 g/mol. The van der Waals surface area contributed by atoms with Gasteiger partial charge in [-0.1, -0.05) is 103 Å². The maximum absolute atomic E-state index is 5.63. The van der Waals surface area contributed by atoms with Gasteiger partial charge in [0.1, 0.15) is 17.4 Å². The number of hydrogen-bond acceptors (Lipinski definition) is 2. The van der Waals surface area contributed by atoms with Gasteiger partial charge in [-0.25, -0.2) is 4.98 Å². The van der Waals surface area contributed by atoms with E-state index in [0.717, 1.165) is 67.4 Å². The molecule has 0 amide bonds. The molecule has 0 aliphatic rings. The Morgan fingerprint density at radius 1 is 0.333 bits per heavy atom. The lowest BCUT2D eigenvalue weighted by molar-refractivity contribution is 0.415. The first kappa shape index (κ1) is 32.9. The molecule has 8 aromatic carbocycles. The summed E-state index contributed by atoms with van der Waals surface area (Å²) in [5, 5.41) is 9.62. The highest BCUT2D eigenvalue weighted by Gasteiger charge is 2.23. The third kappa shape index (κ3) is 4.50. The van der Waals surface area contributed by atoms with Crippen molar-refractivity contribution in [1.29, 1.82) is 0 Å². The number of ether oxygens (including phenoxy) is 1. The Bertz CT molecular complexity index is 3860. The van der Waals surface area contributed by atoms with Gasteiger partial charge in [-0.15, -0.1) is 0 Å². The summed E-state index contributed by atoms with van der Waals surface area (Å²) >= 11 is 0. The van der Waals surface area contributed by atoms with Crippen molar-refractivity contribution in [1.82, 2.24) is 23.3 Å². The lowest BCUT2D eigenvalue weighted by atomic mass is 10.1. The zero-order valence-corrected chi connectivity index (χ0v) is 32.6. The van der Waals surface area contributed by atoms with E-state index in [1.807, 2.05) is 12.1 Å². The molecule has 0 N–H and O–H groups in total. The van der Waals surface area contributed by atoms with Crippen molar-refractivity contribution in [2.45, 2.75) is 0 Å². The van der Waals surface area contributed by atoms with Crippen LogP contribution in [0.25, 0.3) is 110 Å². The minimum absolute atomic E-state index is 0.832. The van der Waals surface area contributed by atoms with Gasteiger partial charge < -0.3 is 13.9 Å². The maximum atomic E-state index is 5.63. The number of hydrogen-bond donors (Lipinski definition) is 0. The largest absolute Gasteiger partial charge is 0.497 e. The Morgan fingerprint density at radius 3 is 1.50 bits per heavy atom. The Morgan fingerprint density at radius 2 is 0.833 bits per heavy atom. The van der Waals surface area contributed by atoms with Crippen LogP contribution in [0.5, 0.6) is 5.75 Å². The van der Waals surface area contributed by atoms with E-state index >= 15 is 0 Å². The molecule has 0 radical (unpaired) electrons. The topological polar surface area (TPSA) is 41.8 Å². The second kappa shape index (κ2) is 12.5. The molecule has 0 saturated heterocycles. The van der Waals surface area contributed by atoms with E-state index in [1.54, 1.807) is 7.11 Å². The third-order valence-electron chi connectivity index (χ3n) is 12.5. The average Bonchev–Trinajstić information content (AvgIpc) is 4.03. The van der Waals surface area contributed by atoms with Gasteiger partial charge in [0, 0.05) is 54.5 Å². The summed E-state index contributed by atoms with van der Waals surface area (Å²) in [7, 11) is 1.71. The first-order valence-corrected chi connectivity index (χ1v) is 20.3. The van der Waals surface area contributed by atoms with Crippen LogP contribution in [0.1, 0.15) is 0 Å².